The molecule has 0 radical (unpaired) electrons. The molecule has 152 valence electrons. The summed E-state index contributed by atoms with van der Waals surface area (Å²) in [4.78, 5) is 22.3. The number of rotatable bonds is 4. The van der Waals surface area contributed by atoms with Crippen molar-refractivity contribution in [2.45, 2.75) is 77.7 Å². The van der Waals surface area contributed by atoms with Gasteiger partial charge in [0, 0.05) is 37.1 Å². The van der Waals surface area contributed by atoms with Crippen molar-refractivity contribution in [3.05, 3.63) is 0 Å². The summed E-state index contributed by atoms with van der Waals surface area (Å²) in [7, 11) is 0. The predicted octanol–water partition coefficient (Wildman–Crippen LogP) is 1.78. The van der Waals surface area contributed by atoms with Crippen LogP contribution in [-0.4, -0.2) is 58.9 Å². The third-order valence-electron chi connectivity index (χ3n) is 3.72. The molecule has 0 aliphatic heterocycles. The van der Waals surface area contributed by atoms with Crippen LogP contribution in [0.2, 0.25) is 0 Å². The second-order valence-corrected chi connectivity index (χ2v) is 8.86. The first kappa shape index (κ1) is 22.5. The van der Waals surface area contributed by atoms with Gasteiger partial charge < -0.3 is 30.3 Å². The number of ether oxygens (including phenoxy) is 2. The van der Waals surface area contributed by atoms with Crippen LogP contribution in [0.3, 0.4) is 0 Å². The van der Waals surface area contributed by atoms with E-state index in [0.717, 1.165) is 12.8 Å². The summed E-state index contributed by atoms with van der Waals surface area (Å²) < 4.78 is 10.1. The molecule has 2 fully saturated rings. The van der Waals surface area contributed by atoms with E-state index >= 15 is 0 Å². The summed E-state index contributed by atoms with van der Waals surface area (Å²) >= 11 is 0. The minimum atomic E-state index is -0.451. The Labute approximate surface area is 155 Å². The van der Waals surface area contributed by atoms with E-state index in [-0.39, 0.29) is 37.1 Å². The van der Waals surface area contributed by atoms with Crippen molar-refractivity contribution in [1.82, 2.24) is 10.6 Å². The average molecular weight is 374 g/mol. The van der Waals surface area contributed by atoms with Gasteiger partial charge in [0.05, 0.1) is 0 Å². The van der Waals surface area contributed by atoms with Crippen LogP contribution in [-0.2, 0) is 9.47 Å². The molecule has 4 atom stereocenters. The number of hydrogen-bond acceptors (Lipinski definition) is 6. The van der Waals surface area contributed by atoms with Crippen LogP contribution in [0.4, 0.5) is 9.59 Å². The second-order valence-electron chi connectivity index (χ2n) is 8.86. The first-order chi connectivity index (χ1) is 11.8. The van der Waals surface area contributed by atoms with E-state index in [9.17, 15) is 9.59 Å². The standard InChI is InChI=1S/2C9H17NO3/c2*1-9(2,3)13-8(12)10-7-4-6(7)5-11/h2*6-7,11H,4-5H2,1-3H3,(H,10,12)/t2*6-,7+/m10/s1. The summed E-state index contributed by atoms with van der Waals surface area (Å²) in [6, 6.07) is 0.222. The van der Waals surface area contributed by atoms with Crippen LogP contribution in [0.15, 0.2) is 0 Å². The van der Waals surface area contributed by atoms with Crippen LogP contribution in [0.1, 0.15) is 54.4 Å². The molecule has 2 rings (SSSR count). The van der Waals surface area contributed by atoms with Gasteiger partial charge in [-0.1, -0.05) is 0 Å². The molecule has 8 nitrogen and oxygen atoms in total. The number of hydrogen-bond donors (Lipinski definition) is 4. The second kappa shape index (κ2) is 8.90. The molecule has 26 heavy (non-hydrogen) atoms. The molecule has 2 amide bonds. The zero-order valence-corrected chi connectivity index (χ0v) is 16.7. The van der Waals surface area contributed by atoms with E-state index in [4.69, 9.17) is 19.7 Å². The maximum absolute atomic E-state index is 11.2. The molecule has 0 saturated heterocycles. The van der Waals surface area contributed by atoms with Gasteiger partial charge in [-0.2, -0.15) is 0 Å². The van der Waals surface area contributed by atoms with Crippen molar-refractivity contribution >= 4 is 12.2 Å². The Hall–Kier alpha value is -1.54. The van der Waals surface area contributed by atoms with Gasteiger partial charge in [0.25, 0.3) is 0 Å². The van der Waals surface area contributed by atoms with Crippen molar-refractivity contribution in [2.24, 2.45) is 11.8 Å². The molecule has 8 heteroatoms. The van der Waals surface area contributed by atoms with Gasteiger partial charge in [-0.3, -0.25) is 0 Å². The fourth-order valence-electron chi connectivity index (χ4n) is 2.17. The van der Waals surface area contributed by atoms with Gasteiger partial charge in [-0.05, 0) is 54.4 Å². The Bertz CT molecular complexity index is 439. The summed E-state index contributed by atoms with van der Waals surface area (Å²) in [5.74, 6) is 0.458. The monoisotopic (exact) mass is 374 g/mol. The van der Waals surface area contributed by atoms with E-state index < -0.39 is 23.4 Å². The highest BCUT2D eigenvalue weighted by Gasteiger charge is 2.39. The molecule has 2 aliphatic carbocycles. The zero-order valence-electron chi connectivity index (χ0n) is 16.7. The number of carbonyl (C=O) groups is 2. The van der Waals surface area contributed by atoms with Crippen molar-refractivity contribution in [1.29, 1.82) is 0 Å². The first-order valence-electron chi connectivity index (χ1n) is 9.05. The van der Waals surface area contributed by atoms with Gasteiger partial charge in [0.2, 0.25) is 0 Å². The number of nitrogens with one attached hydrogen (secondary N) is 2. The smallest absolute Gasteiger partial charge is 0.407 e. The molecular weight excluding hydrogens is 340 g/mol. The highest BCUT2D eigenvalue weighted by molar-refractivity contribution is 5.69. The Morgan fingerprint density at radius 2 is 1.12 bits per heavy atom. The van der Waals surface area contributed by atoms with Gasteiger partial charge in [0.1, 0.15) is 11.2 Å². The topological polar surface area (TPSA) is 117 Å². The fraction of sp³-hybridized carbons (Fsp3) is 0.889. The first-order valence-corrected chi connectivity index (χ1v) is 9.05. The van der Waals surface area contributed by atoms with E-state index in [1.807, 2.05) is 41.5 Å². The van der Waals surface area contributed by atoms with E-state index in [1.54, 1.807) is 0 Å². The van der Waals surface area contributed by atoms with Crippen LogP contribution < -0.4 is 10.6 Å². The SMILES string of the molecule is CC(C)(C)OC(=O)N[C@@H]1C[C@H]1CO.CC(C)(C)OC(=O)N[C@H]1C[C@@H]1CO. The lowest BCUT2D eigenvalue weighted by Crippen LogP contribution is -2.34. The number of alkyl carbamates (subject to hydrolysis) is 2. The third-order valence-corrected chi connectivity index (χ3v) is 3.72. The Balaban J connectivity index is 0.000000260. The molecule has 2 aliphatic rings. The normalized spacial score (nSPS) is 26.8. The largest absolute Gasteiger partial charge is 0.444 e. The van der Waals surface area contributed by atoms with Crippen LogP contribution in [0, 0.1) is 11.8 Å². The highest BCUT2D eigenvalue weighted by atomic mass is 16.6. The summed E-state index contributed by atoms with van der Waals surface area (Å²) in [5, 5.41) is 22.8. The lowest BCUT2D eigenvalue weighted by atomic mass is 10.2. The molecular formula is C18H34N2O6. The quantitative estimate of drug-likeness (QED) is 0.596. The van der Waals surface area contributed by atoms with Gasteiger partial charge >= 0.3 is 12.2 Å². The molecule has 0 aromatic heterocycles. The molecule has 0 spiro atoms. The number of amides is 2. The molecule has 4 N–H and O–H groups in total. The van der Waals surface area contributed by atoms with Crippen molar-refractivity contribution < 1.29 is 29.3 Å². The Morgan fingerprint density at radius 1 is 0.808 bits per heavy atom. The minimum absolute atomic E-state index is 0.111. The van der Waals surface area contributed by atoms with Crippen LogP contribution >= 0.6 is 0 Å². The number of carbonyl (C=O) groups excluding carboxylic acids is 2. The molecule has 0 heterocycles. The summed E-state index contributed by atoms with van der Waals surface area (Å²) in [6.45, 7) is 11.2. The number of aliphatic hydroxyl groups excluding tert-OH is 2. The highest BCUT2D eigenvalue weighted by Crippen LogP contribution is 2.30. The molecule has 0 bridgehead atoms. The van der Waals surface area contributed by atoms with E-state index in [0.29, 0.717) is 0 Å². The lowest BCUT2D eigenvalue weighted by molar-refractivity contribution is 0.0507. The number of aliphatic hydroxyl groups is 2. The van der Waals surface area contributed by atoms with Crippen LogP contribution in [0.5, 0.6) is 0 Å². The van der Waals surface area contributed by atoms with Gasteiger partial charge in [0.15, 0.2) is 0 Å². The maximum atomic E-state index is 11.2. The minimum Gasteiger partial charge on any atom is -0.444 e. The van der Waals surface area contributed by atoms with Gasteiger partial charge in [-0.25, -0.2) is 9.59 Å². The average Bonchev–Trinajstić information content (AvgIpc) is 3.32. The molecule has 2 saturated carbocycles. The Kier molecular flexibility index (Phi) is 7.70. The van der Waals surface area contributed by atoms with Crippen molar-refractivity contribution in [3.8, 4) is 0 Å². The molecule has 0 aromatic carbocycles. The molecule has 0 unspecified atom stereocenters. The van der Waals surface area contributed by atoms with Gasteiger partial charge in [-0.15, -0.1) is 0 Å². The molecule has 0 aromatic rings. The van der Waals surface area contributed by atoms with Crippen LogP contribution in [0.25, 0.3) is 0 Å². The third kappa shape index (κ3) is 9.82. The lowest BCUT2D eigenvalue weighted by Gasteiger charge is -2.19. The van der Waals surface area contributed by atoms with Crippen molar-refractivity contribution in [3.63, 3.8) is 0 Å². The maximum Gasteiger partial charge on any atom is 0.407 e. The summed E-state index contributed by atoms with van der Waals surface area (Å²) in [6.07, 6.45) is 0.924. The zero-order chi connectivity index (χ0) is 20.1. The Morgan fingerprint density at radius 3 is 1.31 bits per heavy atom. The fourth-order valence-corrected chi connectivity index (χ4v) is 2.17. The van der Waals surface area contributed by atoms with E-state index in [1.165, 1.54) is 0 Å². The van der Waals surface area contributed by atoms with E-state index in [2.05, 4.69) is 10.6 Å². The van der Waals surface area contributed by atoms with Crippen molar-refractivity contribution in [2.75, 3.05) is 13.2 Å². The predicted molar refractivity (Wildman–Crippen MR) is 96.7 cm³/mol. The summed E-state index contributed by atoms with van der Waals surface area (Å²) in [5.41, 5.74) is -0.901.